The second kappa shape index (κ2) is 4.74. The molecule has 0 radical (unpaired) electrons. The van der Waals surface area contributed by atoms with Gasteiger partial charge in [-0.1, -0.05) is 6.07 Å². The van der Waals surface area contributed by atoms with E-state index >= 15 is 0 Å². The highest BCUT2D eigenvalue weighted by Gasteiger charge is 2.04. The number of aromatic nitrogens is 3. The van der Waals surface area contributed by atoms with Gasteiger partial charge in [-0.05, 0) is 25.1 Å². The van der Waals surface area contributed by atoms with Crippen LogP contribution in [0.15, 0.2) is 36.7 Å². The van der Waals surface area contributed by atoms with Crippen molar-refractivity contribution < 1.29 is 4.39 Å². The Morgan fingerprint density at radius 3 is 3.00 bits per heavy atom. The molecule has 0 aliphatic carbocycles. The Hall–Kier alpha value is -1.91. The van der Waals surface area contributed by atoms with E-state index < -0.39 is 5.95 Å². The summed E-state index contributed by atoms with van der Waals surface area (Å²) in [6.07, 6.45) is 3.62. The predicted octanol–water partition coefficient (Wildman–Crippen LogP) is 1.92. The molecule has 0 aliphatic heterocycles. The Labute approximate surface area is 93.1 Å². The smallest absolute Gasteiger partial charge is 0.214 e. The number of hydrogen-bond acceptors (Lipinski definition) is 3. The van der Waals surface area contributed by atoms with Crippen molar-refractivity contribution in [2.24, 2.45) is 0 Å². The Kier molecular flexibility index (Phi) is 3.14. The first-order valence-electron chi connectivity index (χ1n) is 5.10. The second-order valence-corrected chi connectivity index (χ2v) is 3.62. The molecule has 2 rings (SSSR count). The molecular formula is C11H13FN4. The number of rotatable bonds is 4. The number of nitrogens with zero attached hydrogens (tertiary/aromatic N) is 3. The third kappa shape index (κ3) is 2.79. The molecule has 0 aliphatic rings. The van der Waals surface area contributed by atoms with Crippen LogP contribution >= 0.6 is 0 Å². The van der Waals surface area contributed by atoms with Gasteiger partial charge >= 0.3 is 0 Å². The molecule has 1 unspecified atom stereocenters. The molecule has 84 valence electrons. The summed E-state index contributed by atoms with van der Waals surface area (Å²) in [5, 5.41) is 7.21. The molecule has 0 fully saturated rings. The van der Waals surface area contributed by atoms with Crippen LogP contribution in [0.2, 0.25) is 0 Å². The fourth-order valence-electron chi connectivity index (χ4n) is 1.48. The molecular weight excluding hydrogens is 207 g/mol. The van der Waals surface area contributed by atoms with Crippen LogP contribution < -0.4 is 5.32 Å². The van der Waals surface area contributed by atoms with Crippen LogP contribution in [0.25, 0.3) is 0 Å². The summed E-state index contributed by atoms with van der Waals surface area (Å²) in [7, 11) is 0. The Bertz CT molecular complexity index is 441. The SMILES string of the molecule is CC(Cn1cccn1)Nc1cccc(F)n1. The highest BCUT2D eigenvalue weighted by atomic mass is 19.1. The third-order valence-corrected chi connectivity index (χ3v) is 2.13. The monoisotopic (exact) mass is 220 g/mol. The van der Waals surface area contributed by atoms with Gasteiger partial charge in [-0.3, -0.25) is 4.68 Å². The molecule has 0 spiro atoms. The quantitative estimate of drug-likeness (QED) is 0.800. The van der Waals surface area contributed by atoms with E-state index in [9.17, 15) is 4.39 Å². The molecule has 0 amide bonds. The van der Waals surface area contributed by atoms with Crippen LogP contribution in [-0.2, 0) is 6.54 Å². The largest absolute Gasteiger partial charge is 0.366 e. The van der Waals surface area contributed by atoms with Crippen LogP contribution in [0.3, 0.4) is 0 Å². The molecule has 0 bridgehead atoms. The maximum atomic E-state index is 12.8. The minimum atomic E-state index is -0.476. The Morgan fingerprint density at radius 1 is 1.44 bits per heavy atom. The lowest BCUT2D eigenvalue weighted by molar-refractivity contribution is 0.554. The molecule has 16 heavy (non-hydrogen) atoms. The van der Waals surface area contributed by atoms with Gasteiger partial charge in [0.1, 0.15) is 5.82 Å². The zero-order chi connectivity index (χ0) is 11.4. The lowest BCUT2D eigenvalue weighted by Crippen LogP contribution is -2.22. The zero-order valence-electron chi connectivity index (χ0n) is 8.97. The molecule has 4 nitrogen and oxygen atoms in total. The molecule has 2 heterocycles. The molecule has 2 aromatic heterocycles. The summed E-state index contributed by atoms with van der Waals surface area (Å²) in [6, 6.07) is 6.69. The highest BCUT2D eigenvalue weighted by Crippen LogP contribution is 2.06. The average Bonchev–Trinajstić information content (AvgIpc) is 2.70. The second-order valence-electron chi connectivity index (χ2n) is 3.62. The van der Waals surface area contributed by atoms with Crippen molar-refractivity contribution >= 4 is 5.82 Å². The first kappa shape index (κ1) is 10.6. The molecule has 5 heteroatoms. The number of anilines is 1. The van der Waals surface area contributed by atoms with Crippen molar-refractivity contribution in [2.45, 2.75) is 19.5 Å². The number of pyridine rings is 1. The van der Waals surface area contributed by atoms with E-state index in [1.165, 1.54) is 6.07 Å². The maximum Gasteiger partial charge on any atom is 0.214 e. The maximum absolute atomic E-state index is 12.8. The molecule has 0 aromatic carbocycles. The van der Waals surface area contributed by atoms with E-state index in [1.807, 2.05) is 23.9 Å². The average molecular weight is 220 g/mol. The van der Waals surface area contributed by atoms with Gasteiger partial charge in [-0.2, -0.15) is 9.49 Å². The Balaban J connectivity index is 1.94. The lowest BCUT2D eigenvalue weighted by atomic mass is 10.3. The van der Waals surface area contributed by atoms with Crippen LogP contribution in [0.1, 0.15) is 6.92 Å². The molecule has 0 saturated carbocycles. The third-order valence-electron chi connectivity index (χ3n) is 2.13. The van der Waals surface area contributed by atoms with Gasteiger partial charge in [-0.25, -0.2) is 4.98 Å². The van der Waals surface area contributed by atoms with Crippen LogP contribution in [0, 0.1) is 5.95 Å². The van der Waals surface area contributed by atoms with E-state index in [-0.39, 0.29) is 6.04 Å². The first-order valence-corrected chi connectivity index (χ1v) is 5.10. The van der Waals surface area contributed by atoms with Crippen LogP contribution in [0.4, 0.5) is 10.2 Å². The van der Waals surface area contributed by atoms with Gasteiger partial charge in [0.25, 0.3) is 0 Å². The van der Waals surface area contributed by atoms with Gasteiger partial charge < -0.3 is 5.32 Å². The van der Waals surface area contributed by atoms with Crippen molar-refractivity contribution in [1.29, 1.82) is 0 Å². The summed E-state index contributed by atoms with van der Waals surface area (Å²) >= 11 is 0. The topological polar surface area (TPSA) is 42.7 Å². The van der Waals surface area contributed by atoms with Crippen molar-refractivity contribution in [2.75, 3.05) is 5.32 Å². The van der Waals surface area contributed by atoms with E-state index in [0.29, 0.717) is 12.4 Å². The molecule has 1 N–H and O–H groups in total. The summed E-state index contributed by atoms with van der Waals surface area (Å²) in [5.41, 5.74) is 0. The van der Waals surface area contributed by atoms with Crippen molar-refractivity contribution in [3.63, 3.8) is 0 Å². The number of halogens is 1. The van der Waals surface area contributed by atoms with E-state index in [2.05, 4.69) is 15.4 Å². The summed E-state index contributed by atoms with van der Waals surface area (Å²) in [5.74, 6) is 0.0657. The van der Waals surface area contributed by atoms with Gasteiger partial charge in [0.15, 0.2) is 0 Å². The molecule has 1 atom stereocenters. The van der Waals surface area contributed by atoms with E-state index in [4.69, 9.17) is 0 Å². The summed E-state index contributed by atoms with van der Waals surface area (Å²) in [6.45, 7) is 2.71. The normalized spacial score (nSPS) is 12.4. The van der Waals surface area contributed by atoms with E-state index in [1.54, 1.807) is 18.3 Å². The number of nitrogens with one attached hydrogen (secondary N) is 1. The van der Waals surface area contributed by atoms with Gasteiger partial charge in [0.05, 0.1) is 6.54 Å². The standard InChI is InChI=1S/C11H13FN4/c1-9(8-16-7-3-6-13-16)14-11-5-2-4-10(12)15-11/h2-7,9H,8H2,1H3,(H,14,15). The first-order chi connectivity index (χ1) is 7.74. The Morgan fingerprint density at radius 2 is 2.31 bits per heavy atom. The molecule has 0 saturated heterocycles. The van der Waals surface area contributed by atoms with Crippen LogP contribution in [0.5, 0.6) is 0 Å². The summed E-state index contributed by atoms with van der Waals surface area (Å²) in [4.78, 5) is 3.73. The minimum absolute atomic E-state index is 0.134. The van der Waals surface area contributed by atoms with Crippen molar-refractivity contribution in [3.05, 3.63) is 42.6 Å². The zero-order valence-corrected chi connectivity index (χ0v) is 8.97. The lowest BCUT2D eigenvalue weighted by Gasteiger charge is -2.14. The van der Waals surface area contributed by atoms with Crippen LogP contribution in [-0.4, -0.2) is 20.8 Å². The fraction of sp³-hybridized carbons (Fsp3) is 0.273. The minimum Gasteiger partial charge on any atom is -0.366 e. The van der Waals surface area contributed by atoms with Crippen molar-refractivity contribution in [1.82, 2.24) is 14.8 Å². The van der Waals surface area contributed by atoms with Gasteiger partial charge in [0, 0.05) is 18.4 Å². The number of hydrogen-bond donors (Lipinski definition) is 1. The van der Waals surface area contributed by atoms with Crippen molar-refractivity contribution in [3.8, 4) is 0 Å². The van der Waals surface area contributed by atoms with Gasteiger partial charge in [-0.15, -0.1) is 0 Å². The fourth-order valence-corrected chi connectivity index (χ4v) is 1.48. The molecule has 2 aromatic rings. The predicted molar refractivity (Wildman–Crippen MR) is 59.5 cm³/mol. The van der Waals surface area contributed by atoms with E-state index in [0.717, 1.165) is 0 Å². The van der Waals surface area contributed by atoms with Gasteiger partial charge in [0.2, 0.25) is 5.95 Å². The highest BCUT2D eigenvalue weighted by molar-refractivity contribution is 5.34. The summed E-state index contributed by atoms with van der Waals surface area (Å²) < 4.78 is 14.6.